The molecule has 1 N–H and O–H groups in total. The molecule has 0 spiro atoms. The lowest BCUT2D eigenvalue weighted by Crippen LogP contribution is -2.15. The van der Waals surface area contributed by atoms with Crippen molar-refractivity contribution < 1.29 is 0 Å². The Morgan fingerprint density at radius 2 is 2.33 bits per heavy atom. The molecule has 1 aliphatic carbocycles. The van der Waals surface area contributed by atoms with Crippen molar-refractivity contribution in [3.63, 3.8) is 0 Å². The van der Waals surface area contributed by atoms with Gasteiger partial charge in [0.15, 0.2) is 0 Å². The Balaban J connectivity index is 1.95. The zero-order valence-electron chi connectivity index (χ0n) is 9.95. The summed E-state index contributed by atoms with van der Waals surface area (Å²) in [5, 5.41) is 7.96. The molecule has 3 nitrogen and oxygen atoms in total. The summed E-state index contributed by atoms with van der Waals surface area (Å²) >= 11 is 0. The molecule has 0 bridgehead atoms. The van der Waals surface area contributed by atoms with Crippen LogP contribution in [0, 0.1) is 12.8 Å². The van der Waals surface area contributed by atoms with Crippen LogP contribution in [0.1, 0.15) is 38.3 Å². The van der Waals surface area contributed by atoms with Crippen molar-refractivity contribution in [2.24, 2.45) is 13.0 Å². The van der Waals surface area contributed by atoms with E-state index in [0.29, 0.717) is 6.04 Å². The number of aryl methyl sites for hydroxylation is 2. The van der Waals surface area contributed by atoms with Gasteiger partial charge in [-0.3, -0.25) is 4.68 Å². The Hall–Kier alpha value is -0.990. The minimum Gasteiger partial charge on any atom is -0.380 e. The van der Waals surface area contributed by atoms with Gasteiger partial charge in [-0.15, -0.1) is 0 Å². The van der Waals surface area contributed by atoms with Gasteiger partial charge in [0, 0.05) is 19.3 Å². The summed E-state index contributed by atoms with van der Waals surface area (Å²) in [6.07, 6.45) is 7.42. The Morgan fingerprint density at radius 1 is 1.53 bits per heavy atom. The van der Waals surface area contributed by atoms with E-state index >= 15 is 0 Å². The molecule has 3 heteroatoms. The van der Waals surface area contributed by atoms with Gasteiger partial charge in [-0.2, -0.15) is 5.10 Å². The first-order valence-electron chi connectivity index (χ1n) is 5.95. The number of nitrogens with one attached hydrogen (secondary N) is 1. The number of anilines is 1. The molecule has 1 fully saturated rings. The topological polar surface area (TPSA) is 29.9 Å². The third kappa shape index (κ3) is 2.33. The maximum absolute atomic E-state index is 4.35. The summed E-state index contributed by atoms with van der Waals surface area (Å²) < 4.78 is 1.88. The van der Waals surface area contributed by atoms with Gasteiger partial charge in [0.2, 0.25) is 0 Å². The van der Waals surface area contributed by atoms with E-state index in [1.807, 2.05) is 11.7 Å². The first-order chi connectivity index (χ1) is 7.19. The van der Waals surface area contributed by atoms with E-state index in [0.717, 1.165) is 11.6 Å². The third-order valence-electron chi connectivity index (χ3n) is 3.49. The van der Waals surface area contributed by atoms with Gasteiger partial charge in [0.25, 0.3) is 0 Å². The van der Waals surface area contributed by atoms with E-state index in [4.69, 9.17) is 0 Å². The number of hydrogen-bond donors (Lipinski definition) is 1. The van der Waals surface area contributed by atoms with Crippen LogP contribution in [0.4, 0.5) is 5.69 Å². The lowest BCUT2D eigenvalue weighted by atomic mass is 10.1. The molecule has 84 valence electrons. The van der Waals surface area contributed by atoms with Crippen molar-refractivity contribution >= 4 is 5.69 Å². The SMILES string of the molecule is CCC1CCC(Nc2cn(C)nc2C)C1. The zero-order valence-corrected chi connectivity index (χ0v) is 9.95. The average Bonchev–Trinajstić information content (AvgIpc) is 2.75. The van der Waals surface area contributed by atoms with Crippen LogP contribution in [0.15, 0.2) is 6.20 Å². The van der Waals surface area contributed by atoms with Crippen LogP contribution in [-0.4, -0.2) is 15.8 Å². The molecule has 0 aromatic carbocycles. The highest BCUT2D eigenvalue weighted by Crippen LogP contribution is 2.30. The fourth-order valence-electron chi connectivity index (χ4n) is 2.54. The zero-order chi connectivity index (χ0) is 10.8. The number of hydrogen-bond acceptors (Lipinski definition) is 2. The van der Waals surface area contributed by atoms with E-state index in [9.17, 15) is 0 Å². The first kappa shape index (κ1) is 10.5. The second kappa shape index (κ2) is 4.25. The summed E-state index contributed by atoms with van der Waals surface area (Å²) in [4.78, 5) is 0. The van der Waals surface area contributed by atoms with E-state index in [1.165, 1.54) is 31.4 Å². The third-order valence-corrected chi connectivity index (χ3v) is 3.49. The van der Waals surface area contributed by atoms with E-state index in [-0.39, 0.29) is 0 Å². The highest BCUT2D eigenvalue weighted by molar-refractivity contribution is 5.46. The molecule has 0 amide bonds. The maximum Gasteiger partial charge on any atom is 0.0825 e. The van der Waals surface area contributed by atoms with Gasteiger partial charge in [0.1, 0.15) is 0 Å². The second-order valence-corrected chi connectivity index (χ2v) is 4.73. The van der Waals surface area contributed by atoms with Gasteiger partial charge < -0.3 is 5.32 Å². The van der Waals surface area contributed by atoms with E-state index in [1.54, 1.807) is 0 Å². The highest BCUT2D eigenvalue weighted by atomic mass is 15.3. The van der Waals surface area contributed by atoms with Crippen LogP contribution in [0.2, 0.25) is 0 Å². The van der Waals surface area contributed by atoms with Crippen LogP contribution in [0.5, 0.6) is 0 Å². The van der Waals surface area contributed by atoms with E-state index < -0.39 is 0 Å². The molecule has 0 saturated heterocycles. The molecule has 2 unspecified atom stereocenters. The van der Waals surface area contributed by atoms with Crippen LogP contribution < -0.4 is 5.32 Å². The first-order valence-corrected chi connectivity index (χ1v) is 5.95. The molecule has 0 aliphatic heterocycles. The lowest BCUT2D eigenvalue weighted by molar-refractivity contribution is 0.525. The van der Waals surface area contributed by atoms with Crippen molar-refractivity contribution in [3.8, 4) is 0 Å². The van der Waals surface area contributed by atoms with Crippen LogP contribution in [-0.2, 0) is 7.05 Å². The lowest BCUT2D eigenvalue weighted by Gasteiger charge is -2.13. The quantitative estimate of drug-likeness (QED) is 0.826. The Kier molecular flexibility index (Phi) is 2.98. The van der Waals surface area contributed by atoms with Gasteiger partial charge in [-0.25, -0.2) is 0 Å². The summed E-state index contributed by atoms with van der Waals surface area (Å²) in [7, 11) is 1.97. The van der Waals surface area contributed by atoms with Gasteiger partial charge in [-0.05, 0) is 32.1 Å². The molecule has 2 atom stereocenters. The number of aromatic nitrogens is 2. The van der Waals surface area contributed by atoms with Crippen LogP contribution >= 0.6 is 0 Å². The van der Waals surface area contributed by atoms with Gasteiger partial charge in [0.05, 0.1) is 11.4 Å². The van der Waals surface area contributed by atoms with Gasteiger partial charge in [-0.1, -0.05) is 13.3 Å². The van der Waals surface area contributed by atoms with Crippen molar-refractivity contribution in [3.05, 3.63) is 11.9 Å². The predicted octanol–water partition coefficient (Wildman–Crippen LogP) is 2.72. The Bertz CT molecular complexity index is 330. The minimum absolute atomic E-state index is 0.665. The van der Waals surface area contributed by atoms with Crippen LogP contribution in [0.25, 0.3) is 0 Å². The average molecular weight is 207 g/mol. The number of rotatable bonds is 3. The van der Waals surface area contributed by atoms with Crippen molar-refractivity contribution in [2.75, 3.05) is 5.32 Å². The number of nitrogens with zero attached hydrogens (tertiary/aromatic N) is 2. The smallest absolute Gasteiger partial charge is 0.0825 e. The molecular formula is C12H21N3. The molecule has 2 rings (SSSR count). The highest BCUT2D eigenvalue weighted by Gasteiger charge is 2.23. The van der Waals surface area contributed by atoms with Crippen molar-refractivity contribution in [1.29, 1.82) is 0 Å². The molecular weight excluding hydrogens is 186 g/mol. The summed E-state index contributed by atoms with van der Waals surface area (Å²) in [6.45, 7) is 4.36. The minimum atomic E-state index is 0.665. The van der Waals surface area contributed by atoms with Crippen molar-refractivity contribution in [1.82, 2.24) is 9.78 Å². The summed E-state index contributed by atoms with van der Waals surface area (Å²) in [5.74, 6) is 0.930. The van der Waals surface area contributed by atoms with Gasteiger partial charge >= 0.3 is 0 Å². The fourth-order valence-corrected chi connectivity index (χ4v) is 2.54. The predicted molar refractivity (Wildman–Crippen MR) is 63.0 cm³/mol. The standard InChI is InChI=1S/C12H21N3/c1-4-10-5-6-11(7-10)13-12-8-15(3)14-9(12)2/h8,10-11,13H,4-7H2,1-3H3. The fraction of sp³-hybridized carbons (Fsp3) is 0.750. The van der Waals surface area contributed by atoms with Crippen molar-refractivity contribution in [2.45, 2.75) is 45.6 Å². The monoisotopic (exact) mass is 207 g/mol. The molecule has 1 heterocycles. The summed E-state index contributed by atoms with van der Waals surface area (Å²) in [6, 6.07) is 0.665. The molecule has 1 saturated carbocycles. The van der Waals surface area contributed by atoms with Crippen LogP contribution in [0.3, 0.4) is 0 Å². The Morgan fingerprint density at radius 3 is 2.87 bits per heavy atom. The molecule has 0 radical (unpaired) electrons. The molecule has 15 heavy (non-hydrogen) atoms. The normalized spacial score (nSPS) is 25.8. The largest absolute Gasteiger partial charge is 0.380 e. The van der Waals surface area contributed by atoms with E-state index in [2.05, 4.69) is 30.5 Å². The maximum atomic E-state index is 4.35. The second-order valence-electron chi connectivity index (χ2n) is 4.73. The molecule has 1 aromatic rings. The Labute approximate surface area is 91.9 Å². The molecule has 1 aliphatic rings. The summed E-state index contributed by atoms with van der Waals surface area (Å²) in [5.41, 5.74) is 2.32. The molecule has 1 aromatic heterocycles.